The number of carbonyl (C=O) groups excluding carboxylic acids is 1. The van der Waals surface area contributed by atoms with Gasteiger partial charge < -0.3 is 15.3 Å². The first kappa shape index (κ1) is 17.7. The van der Waals surface area contributed by atoms with Crippen molar-refractivity contribution in [2.45, 2.75) is 32.7 Å². The molecular weight excluding hydrogens is 284 g/mol. The Balaban J connectivity index is 2.34. The topological polar surface area (TPSA) is 52.6 Å². The van der Waals surface area contributed by atoms with Crippen molar-refractivity contribution < 1.29 is 9.90 Å². The number of nitrogens with zero attached hydrogens (tertiary/aromatic N) is 1. The highest BCUT2D eigenvalue weighted by Crippen LogP contribution is 2.15. The second-order valence-electron chi connectivity index (χ2n) is 5.12. The third kappa shape index (κ3) is 6.76. The van der Waals surface area contributed by atoms with E-state index < -0.39 is 0 Å². The number of aliphatic hydroxyl groups is 1. The van der Waals surface area contributed by atoms with Gasteiger partial charge in [-0.25, -0.2) is 0 Å². The fourth-order valence-corrected chi connectivity index (χ4v) is 2.41. The van der Waals surface area contributed by atoms with Crippen molar-refractivity contribution in [3.8, 4) is 11.8 Å². The SMILES string of the molecule is CC(C)N(C)CCCNC(=O)c1ccc(C#CCCO)s1. The highest BCUT2D eigenvalue weighted by molar-refractivity contribution is 7.14. The predicted molar refractivity (Wildman–Crippen MR) is 87.6 cm³/mol. The molecule has 0 aromatic carbocycles. The molecule has 1 rings (SSSR count). The van der Waals surface area contributed by atoms with Gasteiger partial charge in [-0.05, 0) is 46.0 Å². The second kappa shape index (κ2) is 9.56. The first-order valence-electron chi connectivity index (χ1n) is 7.22. The molecule has 0 atom stereocenters. The van der Waals surface area contributed by atoms with Crippen LogP contribution in [-0.4, -0.2) is 48.7 Å². The maximum atomic E-state index is 12.0. The summed E-state index contributed by atoms with van der Waals surface area (Å²) in [6.45, 7) is 6.03. The van der Waals surface area contributed by atoms with E-state index in [1.54, 1.807) is 6.07 Å². The summed E-state index contributed by atoms with van der Waals surface area (Å²) in [6.07, 6.45) is 1.40. The molecule has 0 spiro atoms. The number of hydrogen-bond acceptors (Lipinski definition) is 4. The zero-order valence-electron chi connectivity index (χ0n) is 13.0. The lowest BCUT2D eigenvalue weighted by Crippen LogP contribution is -2.31. The largest absolute Gasteiger partial charge is 0.395 e. The number of amides is 1. The van der Waals surface area contributed by atoms with Crippen molar-refractivity contribution >= 4 is 17.2 Å². The minimum absolute atomic E-state index is 0.0394. The fourth-order valence-electron chi connectivity index (χ4n) is 1.61. The van der Waals surface area contributed by atoms with Crippen LogP contribution in [0.2, 0.25) is 0 Å². The van der Waals surface area contributed by atoms with Gasteiger partial charge in [0, 0.05) is 19.0 Å². The van der Waals surface area contributed by atoms with Gasteiger partial charge in [0.05, 0.1) is 16.4 Å². The van der Waals surface area contributed by atoms with Crippen LogP contribution in [0, 0.1) is 11.8 Å². The van der Waals surface area contributed by atoms with E-state index in [1.165, 1.54) is 11.3 Å². The van der Waals surface area contributed by atoms with Gasteiger partial charge in [-0.15, -0.1) is 11.3 Å². The van der Waals surface area contributed by atoms with Gasteiger partial charge in [-0.2, -0.15) is 0 Å². The zero-order chi connectivity index (χ0) is 15.7. The monoisotopic (exact) mass is 308 g/mol. The molecule has 1 aromatic rings. The second-order valence-corrected chi connectivity index (χ2v) is 6.21. The van der Waals surface area contributed by atoms with Crippen molar-refractivity contribution in [2.75, 3.05) is 26.7 Å². The van der Waals surface area contributed by atoms with E-state index in [0.29, 0.717) is 23.9 Å². The van der Waals surface area contributed by atoms with Gasteiger partial charge in [-0.1, -0.05) is 11.8 Å². The first-order valence-corrected chi connectivity index (χ1v) is 8.04. The lowest BCUT2D eigenvalue weighted by Gasteiger charge is -2.20. The van der Waals surface area contributed by atoms with Crippen molar-refractivity contribution in [2.24, 2.45) is 0 Å². The number of hydrogen-bond donors (Lipinski definition) is 2. The van der Waals surface area contributed by atoms with E-state index >= 15 is 0 Å². The molecule has 2 N–H and O–H groups in total. The summed E-state index contributed by atoms with van der Waals surface area (Å²) < 4.78 is 0. The van der Waals surface area contributed by atoms with Crippen molar-refractivity contribution in [1.29, 1.82) is 0 Å². The molecule has 0 bridgehead atoms. The van der Waals surface area contributed by atoms with Gasteiger partial charge in [0.2, 0.25) is 0 Å². The Labute approximate surface area is 131 Å². The van der Waals surface area contributed by atoms with Crippen LogP contribution >= 0.6 is 11.3 Å². The van der Waals surface area contributed by atoms with Crippen molar-refractivity contribution in [3.05, 3.63) is 21.9 Å². The van der Waals surface area contributed by atoms with E-state index in [4.69, 9.17) is 5.11 Å². The number of carbonyl (C=O) groups is 1. The quantitative estimate of drug-likeness (QED) is 0.598. The van der Waals surface area contributed by atoms with Crippen LogP contribution in [0.3, 0.4) is 0 Å². The van der Waals surface area contributed by atoms with Crippen LogP contribution in [0.15, 0.2) is 12.1 Å². The molecule has 4 nitrogen and oxygen atoms in total. The molecule has 0 radical (unpaired) electrons. The molecule has 21 heavy (non-hydrogen) atoms. The highest BCUT2D eigenvalue weighted by atomic mass is 32.1. The minimum atomic E-state index is -0.0394. The maximum absolute atomic E-state index is 12.0. The number of nitrogens with one attached hydrogen (secondary N) is 1. The number of aliphatic hydroxyl groups excluding tert-OH is 1. The molecule has 0 aliphatic carbocycles. The molecule has 0 saturated carbocycles. The molecule has 0 unspecified atom stereocenters. The zero-order valence-corrected chi connectivity index (χ0v) is 13.8. The van der Waals surface area contributed by atoms with Gasteiger partial charge in [0.15, 0.2) is 0 Å². The van der Waals surface area contributed by atoms with Gasteiger partial charge in [-0.3, -0.25) is 4.79 Å². The van der Waals surface area contributed by atoms with E-state index in [0.717, 1.165) is 17.8 Å². The average molecular weight is 308 g/mol. The lowest BCUT2D eigenvalue weighted by atomic mass is 10.3. The Morgan fingerprint density at radius 2 is 2.24 bits per heavy atom. The number of rotatable bonds is 7. The molecule has 0 saturated heterocycles. The molecule has 5 heteroatoms. The van der Waals surface area contributed by atoms with Gasteiger partial charge in [0.1, 0.15) is 0 Å². The van der Waals surface area contributed by atoms with Crippen LogP contribution in [-0.2, 0) is 0 Å². The summed E-state index contributed by atoms with van der Waals surface area (Å²) >= 11 is 1.38. The highest BCUT2D eigenvalue weighted by Gasteiger charge is 2.08. The average Bonchev–Trinajstić information content (AvgIpc) is 2.92. The fraction of sp³-hybridized carbons (Fsp3) is 0.562. The van der Waals surface area contributed by atoms with Crippen molar-refractivity contribution in [3.63, 3.8) is 0 Å². The van der Waals surface area contributed by atoms with Crippen LogP contribution in [0.1, 0.15) is 41.2 Å². The molecule has 1 heterocycles. The Morgan fingerprint density at radius 1 is 1.48 bits per heavy atom. The van der Waals surface area contributed by atoms with E-state index in [1.807, 2.05) is 6.07 Å². The molecule has 0 aliphatic rings. The third-order valence-corrected chi connectivity index (χ3v) is 4.13. The summed E-state index contributed by atoms with van der Waals surface area (Å²) in [7, 11) is 2.09. The summed E-state index contributed by atoms with van der Waals surface area (Å²) in [5, 5.41) is 11.6. The van der Waals surface area contributed by atoms with Crippen LogP contribution in [0.4, 0.5) is 0 Å². The van der Waals surface area contributed by atoms with Gasteiger partial charge in [0.25, 0.3) is 5.91 Å². The Kier molecular flexibility index (Phi) is 8.06. The maximum Gasteiger partial charge on any atom is 0.261 e. The van der Waals surface area contributed by atoms with Crippen molar-refractivity contribution in [1.82, 2.24) is 10.2 Å². The van der Waals surface area contributed by atoms with E-state index in [2.05, 4.69) is 43.0 Å². The molecule has 0 fully saturated rings. The Bertz CT molecular complexity index is 500. The van der Waals surface area contributed by atoms with E-state index in [9.17, 15) is 4.79 Å². The number of thiophene rings is 1. The van der Waals surface area contributed by atoms with Crippen LogP contribution < -0.4 is 5.32 Å². The van der Waals surface area contributed by atoms with E-state index in [-0.39, 0.29) is 12.5 Å². The molecular formula is C16H24N2O2S. The molecule has 1 aromatic heterocycles. The standard InChI is InChI=1S/C16H24N2O2S/c1-13(2)18(3)11-6-10-17-16(20)15-9-8-14(21-15)7-4-5-12-19/h8-9,13,19H,5-6,10-12H2,1-3H3,(H,17,20). The molecule has 116 valence electrons. The first-order chi connectivity index (χ1) is 10.0. The normalized spacial score (nSPS) is 10.6. The van der Waals surface area contributed by atoms with Crippen LogP contribution in [0.25, 0.3) is 0 Å². The summed E-state index contributed by atoms with van der Waals surface area (Å²) in [4.78, 5) is 15.8. The third-order valence-electron chi connectivity index (χ3n) is 3.13. The predicted octanol–water partition coefficient (Wildman–Crippen LogP) is 1.94. The molecule has 1 amide bonds. The summed E-state index contributed by atoms with van der Waals surface area (Å²) in [6, 6.07) is 4.16. The summed E-state index contributed by atoms with van der Waals surface area (Å²) in [5.41, 5.74) is 0. The molecule has 0 aliphatic heterocycles. The summed E-state index contributed by atoms with van der Waals surface area (Å²) in [5.74, 6) is 5.75. The minimum Gasteiger partial charge on any atom is -0.395 e. The Hall–Kier alpha value is -1.35. The van der Waals surface area contributed by atoms with Gasteiger partial charge >= 0.3 is 0 Å². The smallest absolute Gasteiger partial charge is 0.261 e. The van der Waals surface area contributed by atoms with Crippen LogP contribution in [0.5, 0.6) is 0 Å². The lowest BCUT2D eigenvalue weighted by molar-refractivity contribution is 0.0955. The Morgan fingerprint density at radius 3 is 2.90 bits per heavy atom.